The number of nitrogens with zero attached hydrogens (tertiary/aromatic N) is 2. The fourth-order valence-corrected chi connectivity index (χ4v) is 3.33. The van der Waals surface area contributed by atoms with E-state index in [0.717, 1.165) is 17.5 Å². The highest BCUT2D eigenvalue weighted by Gasteiger charge is 2.20. The third-order valence-electron chi connectivity index (χ3n) is 4.82. The van der Waals surface area contributed by atoms with Gasteiger partial charge in [-0.1, -0.05) is 30.3 Å². The Morgan fingerprint density at radius 1 is 1.10 bits per heavy atom. The monoisotopic (exact) mass is 402 g/mol. The van der Waals surface area contributed by atoms with E-state index in [1.165, 1.54) is 22.8 Å². The lowest BCUT2D eigenvalue weighted by Gasteiger charge is -2.11. The molecule has 0 aliphatic carbocycles. The summed E-state index contributed by atoms with van der Waals surface area (Å²) in [7, 11) is 0. The maximum atomic E-state index is 12.4. The van der Waals surface area contributed by atoms with Crippen LogP contribution in [0.15, 0.2) is 84.0 Å². The summed E-state index contributed by atoms with van der Waals surface area (Å²) in [6.45, 7) is 0. The average molecular weight is 402 g/mol. The molecule has 30 heavy (non-hydrogen) atoms. The van der Waals surface area contributed by atoms with Gasteiger partial charge in [-0.15, -0.1) is 5.53 Å². The second-order valence-electron chi connectivity index (χ2n) is 6.89. The van der Waals surface area contributed by atoms with Gasteiger partial charge in [0.2, 0.25) is 0 Å². The van der Waals surface area contributed by atoms with Crippen LogP contribution in [-0.2, 0) is 24.1 Å². The van der Waals surface area contributed by atoms with Crippen molar-refractivity contribution in [3.05, 3.63) is 108 Å². The number of aryl methyl sites for hydroxylation is 2. The molecule has 1 aliphatic rings. The van der Waals surface area contributed by atoms with Gasteiger partial charge in [-0.2, -0.15) is 0 Å². The van der Waals surface area contributed by atoms with Crippen LogP contribution >= 0.6 is 0 Å². The van der Waals surface area contributed by atoms with Crippen molar-refractivity contribution in [3.8, 4) is 0 Å². The number of amides is 1. The molecule has 1 amide bonds. The van der Waals surface area contributed by atoms with E-state index in [1.807, 2.05) is 30.3 Å². The van der Waals surface area contributed by atoms with Crippen LogP contribution in [-0.4, -0.2) is 21.0 Å². The predicted octanol–water partition coefficient (Wildman–Crippen LogP) is 3.27. The molecule has 3 heterocycles. The first-order valence-corrected chi connectivity index (χ1v) is 9.65. The van der Waals surface area contributed by atoms with Crippen molar-refractivity contribution >= 4 is 11.7 Å². The molecule has 7 heteroatoms. The molecule has 0 spiro atoms. The highest BCUT2D eigenvalue weighted by atomic mass is 16.3. The summed E-state index contributed by atoms with van der Waals surface area (Å²) < 4.78 is 5.83. The molecular weight excluding hydrogens is 380 g/mol. The number of nitrogens with one attached hydrogen (secondary N) is 2. The quantitative estimate of drug-likeness (QED) is 0.415. The normalized spacial score (nSPS) is 13.5. The Morgan fingerprint density at radius 2 is 1.90 bits per heavy atom. The zero-order valence-electron chi connectivity index (χ0n) is 16.3. The molecule has 3 aromatic rings. The molecular formula is C23H22N4O3. The molecule has 2 aromatic heterocycles. The topological polar surface area (TPSA) is 90.6 Å². The van der Waals surface area contributed by atoms with Gasteiger partial charge in [0.15, 0.2) is 0 Å². The average Bonchev–Trinajstić information content (AvgIpc) is 3.44. The number of carbonyl (C=O) groups excluding carboxylic acids is 1. The Hall–Kier alpha value is -3.84. The highest BCUT2D eigenvalue weighted by molar-refractivity contribution is 5.94. The molecule has 7 nitrogen and oxygen atoms in total. The standard InChI is InChI=1S/C23H22N4O3/c28-20(15-22(29)27-13-12-25-26-27)23-19(14-18-8-10-24-11-9-18)16-30-21(23)7-6-17-4-2-1-3-5-17/h1-5,8-13,15-16,25-26,28H,6-7,14H2. The fourth-order valence-electron chi connectivity index (χ4n) is 3.33. The number of benzene rings is 1. The maximum absolute atomic E-state index is 12.4. The van der Waals surface area contributed by atoms with Gasteiger partial charge in [0.05, 0.1) is 11.8 Å². The molecule has 4 rings (SSSR count). The Balaban J connectivity index is 1.62. The Bertz CT molecular complexity index is 1060. The second kappa shape index (κ2) is 9.11. The number of rotatable bonds is 7. The Labute approximate surface area is 174 Å². The molecule has 0 bridgehead atoms. The summed E-state index contributed by atoms with van der Waals surface area (Å²) in [4.78, 5) is 16.5. The van der Waals surface area contributed by atoms with Crippen molar-refractivity contribution in [2.24, 2.45) is 0 Å². The van der Waals surface area contributed by atoms with Crippen molar-refractivity contribution in [2.45, 2.75) is 19.3 Å². The second-order valence-corrected chi connectivity index (χ2v) is 6.89. The van der Waals surface area contributed by atoms with Crippen LogP contribution in [0.1, 0.15) is 28.0 Å². The van der Waals surface area contributed by atoms with E-state index in [1.54, 1.807) is 24.9 Å². The summed E-state index contributed by atoms with van der Waals surface area (Å²) in [5.41, 5.74) is 8.94. The van der Waals surface area contributed by atoms with Gasteiger partial charge in [-0.3, -0.25) is 9.78 Å². The Morgan fingerprint density at radius 3 is 2.63 bits per heavy atom. The number of hydrogen-bond acceptors (Lipinski definition) is 6. The Kier molecular flexibility index (Phi) is 5.91. The van der Waals surface area contributed by atoms with Gasteiger partial charge in [0.25, 0.3) is 5.91 Å². The van der Waals surface area contributed by atoms with Gasteiger partial charge in [0, 0.05) is 49.3 Å². The molecule has 1 aromatic carbocycles. The zero-order valence-corrected chi connectivity index (χ0v) is 16.3. The zero-order chi connectivity index (χ0) is 20.8. The van der Waals surface area contributed by atoms with E-state index in [4.69, 9.17) is 4.42 Å². The number of aliphatic hydroxyl groups is 1. The SMILES string of the molecule is O=C(C=C(O)c1c(Cc2ccncc2)coc1CCc1ccccc1)N1C=CNN1. The molecule has 0 saturated carbocycles. The van der Waals surface area contributed by atoms with E-state index < -0.39 is 5.91 Å². The molecule has 0 unspecified atom stereocenters. The van der Waals surface area contributed by atoms with Crippen molar-refractivity contribution < 1.29 is 14.3 Å². The lowest BCUT2D eigenvalue weighted by molar-refractivity contribution is -0.125. The number of pyridine rings is 1. The van der Waals surface area contributed by atoms with Gasteiger partial charge < -0.3 is 14.9 Å². The third-order valence-corrected chi connectivity index (χ3v) is 4.82. The van der Waals surface area contributed by atoms with Crippen LogP contribution in [0.2, 0.25) is 0 Å². The number of hydrazine groups is 2. The molecule has 3 N–H and O–H groups in total. The van der Waals surface area contributed by atoms with E-state index >= 15 is 0 Å². The predicted molar refractivity (Wildman–Crippen MR) is 112 cm³/mol. The molecule has 1 aliphatic heterocycles. The van der Waals surface area contributed by atoms with Gasteiger partial charge in [-0.25, -0.2) is 5.01 Å². The van der Waals surface area contributed by atoms with E-state index in [-0.39, 0.29) is 5.76 Å². The number of carbonyl (C=O) groups is 1. The first kappa shape index (κ1) is 19.5. The first-order chi connectivity index (χ1) is 14.7. The number of hydrogen-bond donors (Lipinski definition) is 3. The number of aromatic nitrogens is 1. The molecule has 0 atom stereocenters. The van der Waals surface area contributed by atoms with Crippen molar-refractivity contribution in [3.63, 3.8) is 0 Å². The van der Waals surface area contributed by atoms with Gasteiger partial charge >= 0.3 is 0 Å². The van der Waals surface area contributed by atoms with Gasteiger partial charge in [0.1, 0.15) is 11.5 Å². The maximum Gasteiger partial charge on any atom is 0.270 e. The number of furan rings is 1. The summed E-state index contributed by atoms with van der Waals surface area (Å²) in [5, 5.41) is 12.1. The summed E-state index contributed by atoms with van der Waals surface area (Å²) in [6.07, 6.45) is 11.3. The molecule has 152 valence electrons. The summed E-state index contributed by atoms with van der Waals surface area (Å²) in [5.74, 6) is 0.120. The minimum Gasteiger partial charge on any atom is -0.507 e. The summed E-state index contributed by atoms with van der Waals surface area (Å²) in [6, 6.07) is 13.9. The smallest absolute Gasteiger partial charge is 0.270 e. The third kappa shape index (κ3) is 4.59. The molecule has 0 saturated heterocycles. The minimum absolute atomic E-state index is 0.122. The number of aliphatic hydroxyl groups excluding tert-OH is 1. The van der Waals surface area contributed by atoms with Crippen LogP contribution in [0, 0.1) is 0 Å². The summed E-state index contributed by atoms with van der Waals surface area (Å²) >= 11 is 0. The fraction of sp³-hybridized carbons (Fsp3) is 0.130. The van der Waals surface area contributed by atoms with Crippen molar-refractivity contribution in [2.75, 3.05) is 0 Å². The van der Waals surface area contributed by atoms with Gasteiger partial charge in [-0.05, 0) is 29.7 Å². The lowest BCUT2D eigenvalue weighted by atomic mass is 9.99. The van der Waals surface area contributed by atoms with Crippen molar-refractivity contribution in [1.29, 1.82) is 0 Å². The first-order valence-electron chi connectivity index (χ1n) is 9.65. The highest BCUT2D eigenvalue weighted by Crippen LogP contribution is 2.28. The van der Waals surface area contributed by atoms with Crippen LogP contribution in [0.4, 0.5) is 0 Å². The molecule has 0 fully saturated rings. The molecule has 0 radical (unpaired) electrons. The minimum atomic E-state index is -0.404. The van der Waals surface area contributed by atoms with E-state index in [2.05, 4.69) is 28.1 Å². The van der Waals surface area contributed by atoms with E-state index in [0.29, 0.717) is 24.2 Å². The largest absolute Gasteiger partial charge is 0.507 e. The van der Waals surface area contributed by atoms with Crippen LogP contribution < -0.4 is 11.0 Å². The van der Waals surface area contributed by atoms with Crippen LogP contribution in [0.5, 0.6) is 0 Å². The van der Waals surface area contributed by atoms with Crippen LogP contribution in [0.25, 0.3) is 5.76 Å². The van der Waals surface area contributed by atoms with E-state index in [9.17, 15) is 9.90 Å². The van der Waals surface area contributed by atoms with Crippen molar-refractivity contribution in [1.82, 2.24) is 21.0 Å². The van der Waals surface area contributed by atoms with Crippen LogP contribution in [0.3, 0.4) is 0 Å². The lowest BCUT2D eigenvalue weighted by Crippen LogP contribution is -2.39.